The molecule has 1 aromatic carbocycles. The summed E-state index contributed by atoms with van der Waals surface area (Å²) in [6.07, 6.45) is 1.92. The zero-order valence-electron chi connectivity index (χ0n) is 12.8. The van der Waals surface area contributed by atoms with Gasteiger partial charge in [-0.2, -0.15) is 0 Å². The van der Waals surface area contributed by atoms with Gasteiger partial charge in [0, 0.05) is 17.0 Å². The molecule has 0 bridgehead atoms. The number of carbonyl (C=O) groups excluding carboxylic acids is 1. The molecule has 0 spiro atoms. The van der Waals surface area contributed by atoms with Gasteiger partial charge in [-0.05, 0) is 19.8 Å². The third-order valence-electron chi connectivity index (χ3n) is 3.91. The molecule has 1 fully saturated rings. The van der Waals surface area contributed by atoms with E-state index in [4.69, 9.17) is 0 Å². The Morgan fingerprint density at radius 3 is 2.65 bits per heavy atom. The normalized spacial score (nSPS) is 15.2. The molecule has 1 N–H and O–H groups in total. The van der Waals surface area contributed by atoms with E-state index in [1.54, 1.807) is 6.92 Å². The Morgan fingerprint density at radius 1 is 1.35 bits per heavy atom. The van der Waals surface area contributed by atoms with E-state index in [1.165, 1.54) is 16.2 Å². The van der Waals surface area contributed by atoms with Crippen LogP contribution in [0.3, 0.4) is 0 Å². The van der Waals surface area contributed by atoms with Gasteiger partial charge < -0.3 is 10.0 Å². The zero-order valence-corrected chi connectivity index (χ0v) is 13.6. The Hall–Kier alpha value is -2.21. The molecule has 0 saturated heterocycles. The molecule has 1 aliphatic rings. The Bertz CT molecular complexity index is 710. The van der Waals surface area contributed by atoms with Crippen molar-refractivity contribution in [3.05, 3.63) is 41.4 Å². The van der Waals surface area contributed by atoms with Crippen molar-refractivity contribution < 1.29 is 14.7 Å². The fourth-order valence-corrected chi connectivity index (χ4v) is 3.38. The smallest absolute Gasteiger partial charge is 0.326 e. The third kappa shape index (κ3) is 3.59. The van der Waals surface area contributed by atoms with E-state index >= 15 is 0 Å². The standard InChI is InChI=1S/C17H18N2O3S/c1-11(17(21)22)19(14-7-8-14)15(20)9-13-10-23-16(18-13)12-5-3-2-4-6-12/h2-6,10-11,14H,7-9H2,1H3,(H,21,22). The predicted molar refractivity (Wildman–Crippen MR) is 88.2 cm³/mol. The van der Waals surface area contributed by atoms with Gasteiger partial charge in [-0.1, -0.05) is 30.3 Å². The second-order valence-corrected chi connectivity index (χ2v) is 6.59. The molecule has 1 aromatic heterocycles. The van der Waals surface area contributed by atoms with Crippen molar-refractivity contribution in [1.29, 1.82) is 0 Å². The Kier molecular flexibility index (Phi) is 4.43. The molecule has 1 unspecified atom stereocenters. The molecule has 1 heterocycles. The summed E-state index contributed by atoms with van der Waals surface area (Å²) in [7, 11) is 0. The van der Waals surface area contributed by atoms with Crippen LogP contribution in [0.1, 0.15) is 25.5 Å². The molecule has 1 atom stereocenters. The lowest BCUT2D eigenvalue weighted by Crippen LogP contribution is -2.45. The highest BCUT2D eigenvalue weighted by Gasteiger charge is 2.38. The van der Waals surface area contributed by atoms with Gasteiger partial charge in [-0.15, -0.1) is 11.3 Å². The molecular weight excluding hydrogens is 312 g/mol. The topological polar surface area (TPSA) is 70.5 Å². The number of benzene rings is 1. The summed E-state index contributed by atoms with van der Waals surface area (Å²) in [5.41, 5.74) is 1.72. The molecule has 1 aliphatic carbocycles. The quantitative estimate of drug-likeness (QED) is 0.884. The summed E-state index contributed by atoms with van der Waals surface area (Å²) < 4.78 is 0. The number of carboxylic acids is 1. The number of hydrogen-bond donors (Lipinski definition) is 1. The number of rotatable bonds is 6. The maximum atomic E-state index is 12.5. The minimum Gasteiger partial charge on any atom is -0.480 e. The maximum absolute atomic E-state index is 12.5. The largest absolute Gasteiger partial charge is 0.480 e. The van der Waals surface area contributed by atoms with Crippen LogP contribution in [0.5, 0.6) is 0 Å². The first-order valence-corrected chi connectivity index (χ1v) is 8.48. The van der Waals surface area contributed by atoms with Crippen LogP contribution in [0.25, 0.3) is 10.6 Å². The van der Waals surface area contributed by atoms with Gasteiger partial charge in [-0.25, -0.2) is 9.78 Å². The van der Waals surface area contributed by atoms with Crippen LogP contribution >= 0.6 is 11.3 Å². The van der Waals surface area contributed by atoms with Crippen molar-refractivity contribution in [2.75, 3.05) is 0 Å². The lowest BCUT2D eigenvalue weighted by atomic mass is 10.2. The molecule has 1 saturated carbocycles. The first-order chi connectivity index (χ1) is 11.1. The summed E-state index contributed by atoms with van der Waals surface area (Å²) >= 11 is 1.50. The molecule has 0 radical (unpaired) electrons. The average Bonchev–Trinajstić information content (AvgIpc) is 3.26. The molecule has 23 heavy (non-hydrogen) atoms. The van der Waals surface area contributed by atoms with Gasteiger partial charge >= 0.3 is 5.97 Å². The van der Waals surface area contributed by atoms with Gasteiger partial charge in [0.2, 0.25) is 5.91 Å². The van der Waals surface area contributed by atoms with Crippen LogP contribution in [-0.2, 0) is 16.0 Å². The molecular formula is C17H18N2O3S. The molecule has 3 rings (SSSR count). The van der Waals surface area contributed by atoms with E-state index in [2.05, 4.69) is 4.98 Å². The van der Waals surface area contributed by atoms with E-state index < -0.39 is 12.0 Å². The summed E-state index contributed by atoms with van der Waals surface area (Å²) in [4.78, 5) is 29.7. The van der Waals surface area contributed by atoms with Crippen molar-refractivity contribution in [2.45, 2.75) is 38.3 Å². The SMILES string of the molecule is CC(C(=O)O)N(C(=O)Cc1csc(-c2ccccc2)n1)C1CC1. The van der Waals surface area contributed by atoms with E-state index in [9.17, 15) is 14.7 Å². The summed E-state index contributed by atoms with van der Waals surface area (Å²) in [5, 5.41) is 11.9. The van der Waals surface area contributed by atoms with Crippen molar-refractivity contribution in [1.82, 2.24) is 9.88 Å². The fourth-order valence-electron chi connectivity index (χ4n) is 2.56. The first kappa shape index (κ1) is 15.7. The Balaban J connectivity index is 1.72. The molecule has 120 valence electrons. The third-order valence-corrected chi connectivity index (χ3v) is 4.85. The first-order valence-electron chi connectivity index (χ1n) is 7.60. The summed E-state index contributed by atoms with van der Waals surface area (Å²) in [6.45, 7) is 1.56. The predicted octanol–water partition coefficient (Wildman–Crippen LogP) is 2.82. The summed E-state index contributed by atoms with van der Waals surface area (Å²) in [6, 6.07) is 9.09. The van der Waals surface area contributed by atoms with Crippen LogP contribution in [0.15, 0.2) is 35.7 Å². The Morgan fingerprint density at radius 2 is 2.04 bits per heavy atom. The molecule has 1 amide bonds. The van der Waals surface area contributed by atoms with Crippen LogP contribution < -0.4 is 0 Å². The molecule has 0 aliphatic heterocycles. The van der Waals surface area contributed by atoms with Crippen molar-refractivity contribution in [2.24, 2.45) is 0 Å². The highest BCUT2D eigenvalue weighted by molar-refractivity contribution is 7.13. The second kappa shape index (κ2) is 6.50. The van der Waals surface area contributed by atoms with Gasteiger partial charge in [0.25, 0.3) is 0 Å². The lowest BCUT2D eigenvalue weighted by molar-refractivity contribution is -0.149. The number of amides is 1. The molecule has 2 aromatic rings. The fraction of sp³-hybridized carbons (Fsp3) is 0.353. The number of hydrogen-bond acceptors (Lipinski definition) is 4. The van der Waals surface area contributed by atoms with E-state index in [1.807, 2.05) is 35.7 Å². The minimum absolute atomic E-state index is 0.0702. The van der Waals surface area contributed by atoms with E-state index in [-0.39, 0.29) is 18.4 Å². The van der Waals surface area contributed by atoms with Crippen molar-refractivity contribution >= 4 is 23.2 Å². The highest BCUT2D eigenvalue weighted by Crippen LogP contribution is 2.30. The summed E-state index contributed by atoms with van der Waals surface area (Å²) in [5.74, 6) is -1.12. The van der Waals surface area contributed by atoms with Gasteiger partial charge in [0.05, 0.1) is 12.1 Å². The van der Waals surface area contributed by atoms with Crippen LogP contribution in [0.2, 0.25) is 0 Å². The number of aliphatic carboxylic acids is 1. The van der Waals surface area contributed by atoms with Gasteiger partial charge in [0.1, 0.15) is 11.0 Å². The zero-order chi connectivity index (χ0) is 16.4. The average molecular weight is 330 g/mol. The highest BCUT2D eigenvalue weighted by atomic mass is 32.1. The van der Waals surface area contributed by atoms with Crippen molar-refractivity contribution in [3.8, 4) is 10.6 Å². The number of aromatic nitrogens is 1. The maximum Gasteiger partial charge on any atom is 0.326 e. The monoisotopic (exact) mass is 330 g/mol. The Labute approximate surface area is 138 Å². The second-order valence-electron chi connectivity index (χ2n) is 5.73. The van der Waals surface area contributed by atoms with E-state index in [0.29, 0.717) is 5.69 Å². The number of nitrogens with zero attached hydrogens (tertiary/aromatic N) is 2. The van der Waals surface area contributed by atoms with Crippen LogP contribution in [-0.4, -0.2) is 39.0 Å². The van der Waals surface area contributed by atoms with Crippen molar-refractivity contribution in [3.63, 3.8) is 0 Å². The molecule has 5 nitrogen and oxygen atoms in total. The minimum atomic E-state index is -0.964. The molecule has 6 heteroatoms. The number of carboxylic acid groups (broad SMARTS) is 1. The number of carbonyl (C=O) groups is 2. The van der Waals surface area contributed by atoms with Crippen LogP contribution in [0.4, 0.5) is 0 Å². The lowest BCUT2D eigenvalue weighted by Gasteiger charge is -2.26. The van der Waals surface area contributed by atoms with Gasteiger partial charge in [0.15, 0.2) is 0 Å². The van der Waals surface area contributed by atoms with Crippen LogP contribution in [0, 0.1) is 0 Å². The van der Waals surface area contributed by atoms with E-state index in [0.717, 1.165) is 23.4 Å². The van der Waals surface area contributed by atoms with Gasteiger partial charge in [-0.3, -0.25) is 4.79 Å². The number of thiazole rings is 1.